The van der Waals surface area contributed by atoms with Gasteiger partial charge in [-0.25, -0.2) is 0 Å². The second-order valence-electron chi connectivity index (χ2n) is 6.95. The van der Waals surface area contributed by atoms with Gasteiger partial charge in [-0.2, -0.15) is 0 Å². The molecule has 1 atom stereocenters. The second kappa shape index (κ2) is 6.36. The number of pyridine rings is 1. The molecule has 2 heterocycles. The summed E-state index contributed by atoms with van der Waals surface area (Å²) in [6, 6.07) is 13.3. The first-order valence-electron chi connectivity index (χ1n) is 9.00. The molecule has 0 radical (unpaired) electrons. The molecule has 3 aromatic rings. The molecule has 0 bridgehead atoms. The molecule has 1 aromatic heterocycles. The van der Waals surface area contributed by atoms with Crippen LogP contribution in [-0.4, -0.2) is 10.8 Å². The van der Waals surface area contributed by atoms with Crippen molar-refractivity contribution < 1.29 is 4.79 Å². The minimum absolute atomic E-state index is 0.177. The summed E-state index contributed by atoms with van der Waals surface area (Å²) in [6.07, 6.45) is 4.09. The average molecular weight is 395 g/mol. The van der Waals surface area contributed by atoms with Crippen LogP contribution in [0.25, 0.3) is 16.5 Å². The van der Waals surface area contributed by atoms with Gasteiger partial charge in [0, 0.05) is 34.8 Å². The summed E-state index contributed by atoms with van der Waals surface area (Å²) in [7, 11) is 0. The highest BCUT2D eigenvalue weighted by Crippen LogP contribution is 2.49. The van der Waals surface area contributed by atoms with Crippen LogP contribution in [-0.2, 0) is 4.79 Å². The van der Waals surface area contributed by atoms with E-state index in [4.69, 9.17) is 23.2 Å². The molecule has 1 N–H and O–H groups in total. The summed E-state index contributed by atoms with van der Waals surface area (Å²) in [5, 5.41) is 5.61. The lowest BCUT2D eigenvalue weighted by Crippen LogP contribution is -2.27. The summed E-state index contributed by atoms with van der Waals surface area (Å²) in [5.74, 6) is 0.177. The molecule has 0 spiro atoms. The smallest absolute Gasteiger partial charge is 0.161 e. The number of allylic oxidation sites excluding steroid dienone is 1. The van der Waals surface area contributed by atoms with Gasteiger partial charge in [-0.05, 0) is 48.2 Å². The van der Waals surface area contributed by atoms with Crippen molar-refractivity contribution in [2.75, 3.05) is 5.32 Å². The molecule has 0 amide bonds. The van der Waals surface area contributed by atoms with Crippen LogP contribution in [0.2, 0.25) is 10.0 Å². The van der Waals surface area contributed by atoms with Crippen molar-refractivity contribution in [3.05, 3.63) is 75.4 Å². The van der Waals surface area contributed by atoms with Gasteiger partial charge in [0.25, 0.3) is 0 Å². The van der Waals surface area contributed by atoms with Crippen LogP contribution in [0.15, 0.2) is 54.2 Å². The topological polar surface area (TPSA) is 42.0 Å². The lowest BCUT2D eigenvalue weighted by molar-refractivity contribution is -0.116. The van der Waals surface area contributed by atoms with Gasteiger partial charge in [-0.3, -0.25) is 9.78 Å². The van der Waals surface area contributed by atoms with Gasteiger partial charge in [0.15, 0.2) is 5.78 Å². The van der Waals surface area contributed by atoms with Crippen LogP contribution >= 0.6 is 23.2 Å². The standard InChI is InChI=1S/C22H16Cl2N2O/c23-15-7-1-5-14(21(15)24)22-20-13(4-2-8-18(20)27)19-12-6-3-11-25-16(12)9-10-17(19)26-22/h1,3,5-7,9-11,22,26H,2,4,8H2. The molecule has 2 aromatic carbocycles. The highest BCUT2D eigenvalue weighted by Gasteiger charge is 2.36. The minimum Gasteiger partial charge on any atom is -0.373 e. The Balaban J connectivity index is 1.81. The zero-order valence-corrected chi connectivity index (χ0v) is 15.9. The Morgan fingerprint density at radius 1 is 1.04 bits per heavy atom. The number of ketones is 1. The summed E-state index contributed by atoms with van der Waals surface area (Å²) < 4.78 is 0. The first-order valence-corrected chi connectivity index (χ1v) is 9.75. The Bertz CT molecular complexity index is 1140. The third kappa shape index (κ3) is 2.57. The molecular weight excluding hydrogens is 379 g/mol. The van der Waals surface area contributed by atoms with Crippen molar-refractivity contribution in [1.29, 1.82) is 0 Å². The molecule has 1 aliphatic carbocycles. The van der Waals surface area contributed by atoms with Crippen molar-refractivity contribution in [3.63, 3.8) is 0 Å². The Hall–Kier alpha value is -2.36. The number of rotatable bonds is 1. The SMILES string of the molecule is O=C1CCCC2=C1C(c1cccc(Cl)c1Cl)Nc1ccc3ncccc3c12. The molecule has 5 rings (SSSR count). The number of fused-ring (bicyclic) bond motifs is 4. The van der Waals surface area contributed by atoms with Crippen molar-refractivity contribution in [3.8, 4) is 0 Å². The normalized spacial score (nSPS) is 18.9. The fraction of sp³-hybridized carbons (Fsp3) is 0.182. The summed E-state index contributed by atoms with van der Waals surface area (Å²) in [6.45, 7) is 0. The first-order chi connectivity index (χ1) is 13.1. The second-order valence-corrected chi connectivity index (χ2v) is 7.73. The monoisotopic (exact) mass is 394 g/mol. The summed E-state index contributed by atoms with van der Waals surface area (Å²) in [5.41, 5.74) is 5.79. The fourth-order valence-electron chi connectivity index (χ4n) is 4.26. The molecule has 0 saturated carbocycles. The number of carbonyl (C=O) groups excluding carboxylic acids is 1. The fourth-order valence-corrected chi connectivity index (χ4v) is 4.68. The number of halogens is 2. The van der Waals surface area contributed by atoms with Gasteiger partial charge in [0.1, 0.15) is 0 Å². The van der Waals surface area contributed by atoms with Gasteiger partial charge >= 0.3 is 0 Å². The number of nitrogens with zero attached hydrogens (tertiary/aromatic N) is 1. The highest BCUT2D eigenvalue weighted by molar-refractivity contribution is 6.42. The van der Waals surface area contributed by atoms with E-state index < -0.39 is 0 Å². The molecular formula is C22H16Cl2N2O. The number of aromatic nitrogens is 1. The molecule has 1 aliphatic heterocycles. The van der Waals surface area contributed by atoms with Crippen LogP contribution < -0.4 is 5.32 Å². The number of hydrogen-bond acceptors (Lipinski definition) is 3. The van der Waals surface area contributed by atoms with E-state index in [9.17, 15) is 4.79 Å². The van der Waals surface area contributed by atoms with Crippen molar-refractivity contribution in [2.24, 2.45) is 0 Å². The predicted molar refractivity (Wildman–Crippen MR) is 110 cm³/mol. The molecule has 3 nitrogen and oxygen atoms in total. The third-order valence-corrected chi connectivity index (χ3v) is 6.26. The van der Waals surface area contributed by atoms with Gasteiger partial charge in [-0.1, -0.05) is 41.4 Å². The molecule has 134 valence electrons. The van der Waals surface area contributed by atoms with Crippen molar-refractivity contribution in [2.45, 2.75) is 25.3 Å². The third-order valence-electron chi connectivity index (χ3n) is 5.42. The van der Waals surface area contributed by atoms with Crippen LogP contribution in [0.3, 0.4) is 0 Å². The predicted octanol–water partition coefficient (Wildman–Crippen LogP) is 6.22. The van der Waals surface area contributed by atoms with E-state index in [1.165, 1.54) is 0 Å². The maximum absolute atomic E-state index is 13.0. The Morgan fingerprint density at radius 2 is 1.93 bits per heavy atom. The summed E-state index contributed by atoms with van der Waals surface area (Å²) in [4.78, 5) is 17.4. The van der Waals surface area contributed by atoms with Gasteiger partial charge < -0.3 is 5.32 Å². The van der Waals surface area contributed by atoms with E-state index in [0.29, 0.717) is 16.5 Å². The lowest BCUT2D eigenvalue weighted by Gasteiger charge is -2.35. The largest absolute Gasteiger partial charge is 0.373 e. The number of anilines is 1. The molecule has 0 fully saturated rings. The number of nitrogens with one attached hydrogen (secondary N) is 1. The molecule has 5 heteroatoms. The lowest BCUT2D eigenvalue weighted by atomic mass is 9.77. The Morgan fingerprint density at radius 3 is 2.81 bits per heavy atom. The maximum Gasteiger partial charge on any atom is 0.161 e. The van der Waals surface area contributed by atoms with Crippen LogP contribution in [0.1, 0.15) is 36.4 Å². The number of hydrogen-bond donors (Lipinski definition) is 1. The van der Waals surface area contributed by atoms with Crippen LogP contribution in [0, 0.1) is 0 Å². The van der Waals surface area contributed by atoms with Gasteiger partial charge in [0.2, 0.25) is 0 Å². The van der Waals surface area contributed by atoms with E-state index in [2.05, 4.69) is 16.4 Å². The first kappa shape index (κ1) is 16.8. The average Bonchev–Trinajstić information content (AvgIpc) is 2.69. The van der Waals surface area contributed by atoms with E-state index in [-0.39, 0.29) is 11.8 Å². The molecule has 0 saturated heterocycles. The zero-order chi connectivity index (χ0) is 18.5. The molecule has 1 unspecified atom stereocenters. The van der Waals surface area contributed by atoms with Crippen LogP contribution in [0.5, 0.6) is 0 Å². The number of carbonyl (C=O) groups is 1. The highest BCUT2D eigenvalue weighted by atomic mass is 35.5. The minimum atomic E-state index is -0.291. The van der Waals surface area contributed by atoms with Gasteiger partial charge in [-0.15, -0.1) is 0 Å². The molecule has 2 aliphatic rings. The van der Waals surface area contributed by atoms with E-state index in [0.717, 1.165) is 51.7 Å². The Labute approximate surface area is 167 Å². The zero-order valence-electron chi connectivity index (χ0n) is 14.4. The Kier molecular flexibility index (Phi) is 3.96. The maximum atomic E-state index is 13.0. The number of Topliss-reactive ketones (excluding diaryl/α,β-unsaturated/α-hetero) is 1. The van der Waals surface area contributed by atoms with Crippen LogP contribution in [0.4, 0.5) is 5.69 Å². The summed E-state index contributed by atoms with van der Waals surface area (Å²) >= 11 is 12.8. The molecule has 27 heavy (non-hydrogen) atoms. The van der Waals surface area contributed by atoms with E-state index in [1.54, 1.807) is 12.3 Å². The van der Waals surface area contributed by atoms with Gasteiger partial charge in [0.05, 0.1) is 21.6 Å². The van der Waals surface area contributed by atoms with E-state index >= 15 is 0 Å². The van der Waals surface area contributed by atoms with Crippen molar-refractivity contribution >= 4 is 51.1 Å². The van der Waals surface area contributed by atoms with Crippen molar-refractivity contribution in [1.82, 2.24) is 4.98 Å². The number of benzene rings is 2. The van der Waals surface area contributed by atoms with E-state index in [1.807, 2.05) is 30.3 Å². The quantitative estimate of drug-likeness (QED) is 0.532.